The minimum Gasteiger partial charge on any atom is -0.379 e. The van der Waals surface area contributed by atoms with Crippen molar-refractivity contribution in [2.75, 3.05) is 5.32 Å². The van der Waals surface area contributed by atoms with E-state index < -0.39 is 5.76 Å². The predicted molar refractivity (Wildman–Crippen MR) is 67.7 cm³/mol. The van der Waals surface area contributed by atoms with Gasteiger partial charge in [0, 0.05) is 16.0 Å². The van der Waals surface area contributed by atoms with Gasteiger partial charge in [0.05, 0.1) is 17.7 Å². The molecule has 17 heavy (non-hydrogen) atoms. The largest absolute Gasteiger partial charge is 0.379 e. The van der Waals surface area contributed by atoms with Crippen molar-refractivity contribution in [1.29, 1.82) is 0 Å². The molecule has 0 amide bonds. The van der Waals surface area contributed by atoms with Crippen molar-refractivity contribution in [3.63, 3.8) is 0 Å². The monoisotopic (exact) mass is 272 g/mol. The van der Waals surface area contributed by atoms with Gasteiger partial charge in [-0.25, -0.2) is 4.98 Å². The van der Waals surface area contributed by atoms with Crippen molar-refractivity contribution in [2.45, 2.75) is 17.2 Å². The van der Waals surface area contributed by atoms with E-state index in [1.807, 2.05) is 5.38 Å². The number of thiazole rings is 1. The highest BCUT2D eigenvalue weighted by atomic mass is 32.2. The summed E-state index contributed by atoms with van der Waals surface area (Å²) in [6, 6.07) is 6.94. The highest BCUT2D eigenvalue weighted by molar-refractivity contribution is 7.99. The number of rotatable bonds is 5. The average Bonchev–Trinajstić information content (AvgIpc) is 2.80. The van der Waals surface area contributed by atoms with E-state index in [4.69, 9.17) is 0 Å². The fourth-order valence-electron chi connectivity index (χ4n) is 1.27. The van der Waals surface area contributed by atoms with Gasteiger partial charge in [-0.1, -0.05) is 11.8 Å². The Kier molecular flexibility index (Phi) is 4.33. The first-order valence-electron chi connectivity index (χ1n) is 4.90. The van der Waals surface area contributed by atoms with Crippen LogP contribution in [0.2, 0.25) is 0 Å². The second-order valence-corrected chi connectivity index (χ2v) is 5.02. The van der Waals surface area contributed by atoms with Gasteiger partial charge in [-0.3, -0.25) is 0 Å². The summed E-state index contributed by atoms with van der Waals surface area (Å²) < 4.78 is 24.2. The molecule has 6 heteroatoms. The van der Waals surface area contributed by atoms with Crippen LogP contribution < -0.4 is 5.32 Å². The zero-order valence-corrected chi connectivity index (χ0v) is 10.4. The Hall–Kier alpha value is -1.14. The standard InChI is InChI=1S/C11H10F2N2S2/c12-11(13)17-10-3-1-8(2-4-10)14-5-9-6-16-7-15-9/h1-4,6-7,11,14H,5H2. The van der Waals surface area contributed by atoms with Crippen LogP contribution >= 0.6 is 23.1 Å². The van der Waals surface area contributed by atoms with E-state index in [0.717, 1.165) is 11.4 Å². The summed E-state index contributed by atoms with van der Waals surface area (Å²) in [5.41, 5.74) is 3.65. The highest BCUT2D eigenvalue weighted by Crippen LogP contribution is 2.26. The third-order valence-corrected chi connectivity index (χ3v) is 3.39. The lowest BCUT2D eigenvalue weighted by Crippen LogP contribution is -1.99. The van der Waals surface area contributed by atoms with Crippen LogP contribution in [0.5, 0.6) is 0 Å². The van der Waals surface area contributed by atoms with Crippen molar-refractivity contribution in [3.8, 4) is 0 Å². The highest BCUT2D eigenvalue weighted by Gasteiger charge is 2.04. The molecular weight excluding hydrogens is 262 g/mol. The molecule has 0 aliphatic rings. The molecule has 0 bridgehead atoms. The molecule has 0 unspecified atom stereocenters. The molecule has 90 valence electrons. The molecule has 0 atom stereocenters. The van der Waals surface area contributed by atoms with Crippen LogP contribution in [-0.2, 0) is 6.54 Å². The number of nitrogens with one attached hydrogen (secondary N) is 1. The first-order valence-corrected chi connectivity index (χ1v) is 6.72. The Balaban J connectivity index is 1.89. The van der Waals surface area contributed by atoms with Crippen LogP contribution in [-0.4, -0.2) is 10.7 Å². The summed E-state index contributed by atoms with van der Waals surface area (Å²) in [6.45, 7) is 0.644. The third kappa shape index (κ3) is 3.98. The lowest BCUT2D eigenvalue weighted by molar-refractivity contribution is 0.252. The van der Waals surface area contributed by atoms with E-state index >= 15 is 0 Å². The number of thioether (sulfide) groups is 1. The Labute approximate surface area is 106 Å². The Morgan fingerprint density at radius 2 is 2.06 bits per heavy atom. The van der Waals surface area contributed by atoms with Crippen LogP contribution in [0, 0.1) is 0 Å². The van der Waals surface area contributed by atoms with Crippen LogP contribution in [0.1, 0.15) is 5.69 Å². The predicted octanol–water partition coefficient (Wildman–Crippen LogP) is 4.07. The minimum atomic E-state index is -2.37. The lowest BCUT2D eigenvalue weighted by Gasteiger charge is -2.05. The topological polar surface area (TPSA) is 24.9 Å². The van der Waals surface area contributed by atoms with Gasteiger partial charge >= 0.3 is 0 Å². The van der Waals surface area contributed by atoms with Crippen LogP contribution in [0.4, 0.5) is 14.5 Å². The summed E-state index contributed by atoms with van der Waals surface area (Å²) in [5.74, 6) is -2.37. The summed E-state index contributed by atoms with van der Waals surface area (Å²) in [4.78, 5) is 4.71. The molecule has 1 aromatic heterocycles. The molecular formula is C11H10F2N2S2. The summed E-state index contributed by atoms with van der Waals surface area (Å²) in [7, 11) is 0. The molecule has 0 saturated carbocycles. The molecule has 2 aromatic rings. The fourth-order valence-corrected chi connectivity index (χ4v) is 2.33. The first-order chi connectivity index (χ1) is 8.24. The summed E-state index contributed by atoms with van der Waals surface area (Å²) in [6.07, 6.45) is 0. The molecule has 1 heterocycles. The van der Waals surface area contributed by atoms with E-state index in [2.05, 4.69) is 10.3 Å². The van der Waals surface area contributed by atoms with Crippen molar-refractivity contribution in [3.05, 3.63) is 40.8 Å². The van der Waals surface area contributed by atoms with Gasteiger partial charge in [-0.05, 0) is 24.3 Å². The number of hydrogen-bond acceptors (Lipinski definition) is 4. The maximum atomic E-state index is 12.1. The number of aromatic nitrogens is 1. The molecule has 2 nitrogen and oxygen atoms in total. The number of alkyl halides is 2. The molecule has 2 rings (SSSR count). The normalized spacial score (nSPS) is 10.8. The lowest BCUT2D eigenvalue weighted by atomic mass is 10.3. The first kappa shape index (κ1) is 12.3. The molecule has 0 aliphatic heterocycles. The molecule has 0 spiro atoms. The van der Waals surface area contributed by atoms with Crippen molar-refractivity contribution in [2.24, 2.45) is 0 Å². The maximum absolute atomic E-state index is 12.1. The number of hydrogen-bond donors (Lipinski definition) is 1. The van der Waals surface area contributed by atoms with E-state index in [-0.39, 0.29) is 0 Å². The van der Waals surface area contributed by atoms with Gasteiger partial charge in [0.1, 0.15) is 0 Å². The Bertz CT molecular complexity index is 443. The SMILES string of the molecule is FC(F)Sc1ccc(NCc2cscn2)cc1. The average molecular weight is 272 g/mol. The van der Waals surface area contributed by atoms with E-state index in [0.29, 0.717) is 23.2 Å². The Morgan fingerprint density at radius 3 is 2.65 bits per heavy atom. The second kappa shape index (κ2) is 5.97. The van der Waals surface area contributed by atoms with E-state index in [1.54, 1.807) is 41.1 Å². The number of nitrogens with zero attached hydrogens (tertiary/aromatic N) is 1. The fraction of sp³-hybridized carbons (Fsp3) is 0.182. The van der Waals surface area contributed by atoms with Gasteiger partial charge in [0.15, 0.2) is 0 Å². The molecule has 0 radical (unpaired) electrons. The number of halogens is 2. The third-order valence-electron chi connectivity index (χ3n) is 2.04. The summed E-state index contributed by atoms with van der Waals surface area (Å²) >= 11 is 2.10. The number of anilines is 1. The van der Waals surface area contributed by atoms with Gasteiger partial charge in [-0.15, -0.1) is 11.3 Å². The summed E-state index contributed by atoms with van der Waals surface area (Å²) in [5, 5.41) is 5.14. The zero-order chi connectivity index (χ0) is 12.1. The van der Waals surface area contributed by atoms with E-state index in [9.17, 15) is 8.78 Å². The zero-order valence-electron chi connectivity index (χ0n) is 8.77. The number of benzene rings is 1. The quantitative estimate of drug-likeness (QED) is 0.830. The van der Waals surface area contributed by atoms with Crippen molar-refractivity contribution >= 4 is 28.8 Å². The second-order valence-electron chi connectivity index (χ2n) is 3.24. The molecule has 0 fully saturated rings. The molecule has 0 saturated heterocycles. The van der Waals surface area contributed by atoms with Crippen LogP contribution in [0.25, 0.3) is 0 Å². The molecule has 1 N–H and O–H groups in total. The molecule has 0 aliphatic carbocycles. The van der Waals surface area contributed by atoms with Crippen molar-refractivity contribution < 1.29 is 8.78 Å². The van der Waals surface area contributed by atoms with Gasteiger partial charge in [0.25, 0.3) is 5.76 Å². The van der Waals surface area contributed by atoms with Gasteiger partial charge in [0.2, 0.25) is 0 Å². The maximum Gasteiger partial charge on any atom is 0.288 e. The van der Waals surface area contributed by atoms with Crippen LogP contribution in [0.15, 0.2) is 40.1 Å². The van der Waals surface area contributed by atoms with Crippen molar-refractivity contribution in [1.82, 2.24) is 4.98 Å². The smallest absolute Gasteiger partial charge is 0.288 e. The van der Waals surface area contributed by atoms with Gasteiger partial charge in [-0.2, -0.15) is 8.78 Å². The minimum absolute atomic E-state index is 0.551. The van der Waals surface area contributed by atoms with E-state index in [1.165, 1.54) is 0 Å². The molecule has 1 aromatic carbocycles. The van der Waals surface area contributed by atoms with Crippen LogP contribution in [0.3, 0.4) is 0 Å². The van der Waals surface area contributed by atoms with Gasteiger partial charge < -0.3 is 5.32 Å². The Morgan fingerprint density at radius 1 is 1.29 bits per heavy atom.